The minimum atomic E-state index is 0.380. The molecule has 0 aromatic heterocycles. The van der Waals surface area contributed by atoms with Gasteiger partial charge < -0.3 is 4.74 Å². The Balaban J connectivity index is 1.91. The number of hydrogen-bond acceptors (Lipinski definition) is 1. The Kier molecular flexibility index (Phi) is 1.33. The van der Waals surface area contributed by atoms with Crippen molar-refractivity contribution >= 4 is 0 Å². The molecule has 0 spiro atoms. The van der Waals surface area contributed by atoms with Crippen LogP contribution in [-0.2, 0) is 4.74 Å². The normalized spacial score (nSPS) is 18.7. The van der Waals surface area contributed by atoms with Crippen LogP contribution < -0.4 is 0 Å². The first-order valence-electron chi connectivity index (χ1n) is 2.44. The van der Waals surface area contributed by atoms with E-state index in [0.717, 1.165) is 0 Å². The lowest BCUT2D eigenvalue weighted by atomic mass is 10.7. The molecular formula is C6H7O. The van der Waals surface area contributed by atoms with Crippen LogP contribution in [0.15, 0.2) is 0 Å². The van der Waals surface area contributed by atoms with Crippen molar-refractivity contribution in [3.05, 3.63) is 6.42 Å². The van der Waals surface area contributed by atoms with Crippen LogP contribution in [0.1, 0.15) is 12.8 Å². The fourth-order valence-corrected chi connectivity index (χ4v) is 0.394. The van der Waals surface area contributed by atoms with Crippen LogP contribution in [0.25, 0.3) is 0 Å². The molecule has 1 aliphatic carbocycles. The molecule has 37 valence electrons. The molecule has 1 fully saturated rings. The zero-order valence-electron chi connectivity index (χ0n) is 4.11. The third-order valence-corrected chi connectivity index (χ3v) is 0.916. The maximum atomic E-state index is 6.45. The smallest absolute Gasteiger partial charge is 0.109 e. The molecular weight excluding hydrogens is 88.1 g/mol. The van der Waals surface area contributed by atoms with E-state index in [0.29, 0.717) is 12.7 Å². The van der Waals surface area contributed by atoms with Crippen LogP contribution in [0, 0.1) is 12.3 Å². The summed E-state index contributed by atoms with van der Waals surface area (Å²) in [7, 11) is 0. The third-order valence-electron chi connectivity index (χ3n) is 0.916. The van der Waals surface area contributed by atoms with Gasteiger partial charge in [-0.15, -0.1) is 0 Å². The minimum Gasteiger partial charge on any atom is -0.366 e. The molecule has 7 heavy (non-hydrogen) atoms. The van der Waals surface area contributed by atoms with Crippen molar-refractivity contribution in [2.45, 2.75) is 18.9 Å². The van der Waals surface area contributed by atoms with E-state index in [1.165, 1.54) is 12.8 Å². The molecule has 0 heterocycles. The largest absolute Gasteiger partial charge is 0.366 e. The van der Waals surface area contributed by atoms with Crippen LogP contribution in [0.4, 0.5) is 0 Å². The fourth-order valence-electron chi connectivity index (χ4n) is 0.394. The molecule has 0 amide bonds. The van der Waals surface area contributed by atoms with Crippen LogP contribution in [0.5, 0.6) is 0 Å². The first-order chi connectivity index (χ1) is 3.43. The Morgan fingerprint density at radius 1 is 1.71 bits per heavy atom. The van der Waals surface area contributed by atoms with E-state index in [2.05, 4.69) is 5.92 Å². The van der Waals surface area contributed by atoms with Gasteiger partial charge in [-0.05, 0) is 19.3 Å². The molecule has 0 saturated heterocycles. The Morgan fingerprint density at radius 2 is 2.43 bits per heavy atom. The van der Waals surface area contributed by atoms with Crippen LogP contribution in [0.3, 0.4) is 0 Å². The first-order valence-corrected chi connectivity index (χ1v) is 2.44. The molecule has 1 radical (unpaired) electrons. The van der Waals surface area contributed by atoms with Crippen molar-refractivity contribution in [1.29, 1.82) is 0 Å². The molecule has 0 aromatic carbocycles. The standard InChI is InChI=1S/C6H7O/c1-2-5-7-6-3-4-6/h6H,3-5H2. The molecule has 1 aliphatic rings. The average Bonchev–Trinajstić information content (AvgIpc) is 2.42. The lowest BCUT2D eigenvalue weighted by Crippen LogP contribution is -1.91. The Morgan fingerprint density at radius 3 is 2.86 bits per heavy atom. The summed E-state index contributed by atoms with van der Waals surface area (Å²) >= 11 is 0. The monoisotopic (exact) mass is 95.0 g/mol. The van der Waals surface area contributed by atoms with Gasteiger partial charge in [0.25, 0.3) is 0 Å². The maximum Gasteiger partial charge on any atom is 0.109 e. The summed E-state index contributed by atoms with van der Waals surface area (Å²) in [5.74, 6) is 2.17. The highest BCUT2D eigenvalue weighted by Gasteiger charge is 2.20. The average molecular weight is 95.1 g/mol. The molecule has 1 rings (SSSR count). The Hall–Kier alpha value is -0.480. The number of hydrogen-bond donors (Lipinski definition) is 0. The van der Waals surface area contributed by atoms with E-state index in [4.69, 9.17) is 11.2 Å². The summed E-state index contributed by atoms with van der Waals surface area (Å²) in [6.07, 6.45) is 9.28. The number of ether oxygens (including phenoxy) is 1. The van der Waals surface area contributed by atoms with E-state index in [-0.39, 0.29) is 0 Å². The van der Waals surface area contributed by atoms with E-state index in [9.17, 15) is 0 Å². The Labute approximate surface area is 43.7 Å². The van der Waals surface area contributed by atoms with Crippen LogP contribution in [-0.4, -0.2) is 12.7 Å². The van der Waals surface area contributed by atoms with Gasteiger partial charge in [-0.3, -0.25) is 0 Å². The van der Waals surface area contributed by atoms with Crippen molar-refractivity contribution in [3.63, 3.8) is 0 Å². The van der Waals surface area contributed by atoms with Gasteiger partial charge in [0.05, 0.1) is 6.10 Å². The molecule has 0 atom stereocenters. The highest BCUT2D eigenvalue weighted by Crippen LogP contribution is 2.22. The van der Waals surface area contributed by atoms with Gasteiger partial charge in [0.2, 0.25) is 0 Å². The third kappa shape index (κ3) is 1.61. The molecule has 0 N–H and O–H groups in total. The van der Waals surface area contributed by atoms with E-state index in [1.54, 1.807) is 0 Å². The van der Waals surface area contributed by atoms with Crippen LogP contribution >= 0.6 is 0 Å². The molecule has 1 heteroatoms. The van der Waals surface area contributed by atoms with Crippen molar-refractivity contribution in [3.8, 4) is 5.92 Å². The maximum absolute atomic E-state index is 6.45. The van der Waals surface area contributed by atoms with Gasteiger partial charge in [0.1, 0.15) is 6.61 Å². The Bertz CT molecular complexity index is 86.8. The predicted molar refractivity (Wildman–Crippen MR) is 26.1 cm³/mol. The summed E-state index contributed by atoms with van der Waals surface area (Å²) in [5, 5.41) is 0. The molecule has 1 nitrogen and oxygen atoms in total. The van der Waals surface area contributed by atoms with Crippen molar-refractivity contribution in [2.24, 2.45) is 0 Å². The topological polar surface area (TPSA) is 9.23 Å². The summed E-state index contributed by atoms with van der Waals surface area (Å²) in [5.41, 5.74) is 0. The van der Waals surface area contributed by atoms with E-state index in [1.807, 2.05) is 0 Å². The van der Waals surface area contributed by atoms with Gasteiger partial charge in [0, 0.05) is 0 Å². The summed E-state index contributed by atoms with van der Waals surface area (Å²) in [6.45, 7) is 0.380. The van der Waals surface area contributed by atoms with Gasteiger partial charge in [-0.2, -0.15) is 0 Å². The fraction of sp³-hybridized carbons (Fsp3) is 0.667. The van der Waals surface area contributed by atoms with Crippen molar-refractivity contribution in [2.75, 3.05) is 6.61 Å². The SMILES string of the molecule is [C]#CCOC1CC1. The van der Waals surface area contributed by atoms with E-state index < -0.39 is 0 Å². The lowest BCUT2D eigenvalue weighted by molar-refractivity contribution is 0.152. The van der Waals surface area contributed by atoms with Crippen LogP contribution in [0.2, 0.25) is 0 Å². The quantitative estimate of drug-likeness (QED) is 0.460. The summed E-state index contributed by atoms with van der Waals surface area (Å²) in [6, 6.07) is 0. The second-order valence-corrected chi connectivity index (χ2v) is 1.69. The second-order valence-electron chi connectivity index (χ2n) is 1.69. The number of rotatable bonds is 2. The molecule has 1 saturated carbocycles. The van der Waals surface area contributed by atoms with Gasteiger partial charge >= 0.3 is 0 Å². The summed E-state index contributed by atoms with van der Waals surface area (Å²) < 4.78 is 5.00. The summed E-state index contributed by atoms with van der Waals surface area (Å²) in [4.78, 5) is 0. The molecule has 0 unspecified atom stereocenters. The second kappa shape index (κ2) is 1.99. The highest BCUT2D eigenvalue weighted by atomic mass is 16.5. The lowest BCUT2D eigenvalue weighted by Gasteiger charge is -1.89. The van der Waals surface area contributed by atoms with Gasteiger partial charge in [-0.1, -0.05) is 5.92 Å². The highest BCUT2D eigenvalue weighted by molar-refractivity contribution is 4.79. The van der Waals surface area contributed by atoms with Crippen molar-refractivity contribution < 1.29 is 4.74 Å². The van der Waals surface area contributed by atoms with Gasteiger partial charge in [-0.25, -0.2) is 0 Å². The van der Waals surface area contributed by atoms with Gasteiger partial charge in [0.15, 0.2) is 0 Å². The molecule has 0 bridgehead atoms. The first kappa shape index (κ1) is 4.67. The van der Waals surface area contributed by atoms with Crippen molar-refractivity contribution in [1.82, 2.24) is 0 Å². The predicted octanol–water partition coefficient (Wildman–Crippen LogP) is 0.755. The molecule has 0 aromatic rings. The molecule has 0 aliphatic heterocycles. The zero-order chi connectivity index (χ0) is 5.11. The van der Waals surface area contributed by atoms with E-state index >= 15 is 0 Å². The minimum absolute atomic E-state index is 0.380. The zero-order valence-corrected chi connectivity index (χ0v) is 4.11.